The van der Waals surface area contributed by atoms with Crippen LogP contribution in [-0.4, -0.2) is 10.8 Å². The van der Waals surface area contributed by atoms with Crippen molar-refractivity contribution in [3.05, 3.63) is 131 Å². The van der Waals surface area contributed by atoms with Crippen LogP contribution in [0.5, 0.6) is 0 Å². The highest BCUT2D eigenvalue weighted by atomic mass is 19.1. The number of anilines is 1. The fraction of sp³-hybridized carbons (Fsp3) is 0.111. The highest BCUT2D eigenvalue weighted by Gasteiger charge is 2.24. The van der Waals surface area contributed by atoms with E-state index in [9.17, 15) is 13.6 Å². The van der Waals surface area contributed by atoms with Gasteiger partial charge in [-0.1, -0.05) is 60.7 Å². The van der Waals surface area contributed by atoms with Gasteiger partial charge in [-0.3, -0.25) is 4.79 Å². The summed E-state index contributed by atoms with van der Waals surface area (Å²) in [6.07, 6.45) is 0.872. The van der Waals surface area contributed by atoms with Crippen LogP contribution in [0.2, 0.25) is 0 Å². The first-order chi connectivity index (χ1) is 16.0. The molecule has 0 fully saturated rings. The zero-order chi connectivity index (χ0) is 23.2. The van der Waals surface area contributed by atoms with Gasteiger partial charge in [0.1, 0.15) is 5.82 Å². The number of carbonyl (C=O) groups excluding carboxylic acids is 1. The number of halogens is 3. The van der Waals surface area contributed by atoms with Crippen molar-refractivity contribution >= 4 is 11.5 Å². The van der Waals surface area contributed by atoms with E-state index < -0.39 is 28.9 Å². The number of aromatic nitrogens is 1. The maximum Gasteiger partial charge on any atom is 0.213 e. The number of pyridine rings is 1. The van der Waals surface area contributed by atoms with Gasteiger partial charge in [-0.2, -0.15) is 4.39 Å². The summed E-state index contributed by atoms with van der Waals surface area (Å²) in [6, 6.07) is 24.0. The van der Waals surface area contributed by atoms with Crippen LogP contribution < -0.4 is 4.90 Å². The minimum atomic E-state index is -0.949. The van der Waals surface area contributed by atoms with Crippen molar-refractivity contribution in [2.45, 2.75) is 19.5 Å². The molecule has 0 saturated carbocycles. The maximum atomic E-state index is 15.6. The Kier molecular flexibility index (Phi) is 6.83. The Labute approximate surface area is 190 Å². The third-order valence-electron chi connectivity index (χ3n) is 5.28. The third kappa shape index (κ3) is 5.47. The van der Waals surface area contributed by atoms with Crippen LogP contribution in [-0.2, 0) is 19.5 Å². The minimum Gasteiger partial charge on any atom is -0.360 e. The van der Waals surface area contributed by atoms with Crippen molar-refractivity contribution in [3.8, 4) is 0 Å². The number of hydrogen-bond donors (Lipinski definition) is 0. The van der Waals surface area contributed by atoms with Gasteiger partial charge in [-0.15, -0.1) is 0 Å². The number of nitrogens with zero attached hydrogens (tertiary/aromatic N) is 2. The van der Waals surface area contributed by atoms with Gasteiger partial charge in [0.2, 0.25) is 5.95 Å². The molecule has 0 spiro atoms. The van der Waals surface area contributed by atoms with E-state index in [1.54, 1.807) is 4.90 Å². The lowest BCUT2D eigenvalue weighted by atomic mass is 10.0. The van der Waals surface area contributed by atoms with E-state index in [1.807, 2.05) is 60.7 Å². The summed E-state index contributed by atoms with van der Waals surface area (Å²) in [6.45, 7) is 0.725. The van der Waals surface area contributed by atoms with Crippen LogP contribution in [0.25, 0.3) is 0 Å². The fourth-order valence-electron chi connectivity index (χ4n) is 3.70. The average Bonchev–Trinajstić information content (AvgIpc) is 2.80. The number of hydrogen-bond acceptors (Lipinski definition) is 3. The summed E-state index contributed by atoms with van der Waals surface area (Å²) in [5.74, 6) is -3.40. The predicted molar refractivity (Wildman–Crippen MR) is 121 cm³/mol. The van der Waals surface area contributed by atoms with E-state index in [2.05, 4.69) is 4.98 Å². The van der Waals surface area contributed by atoms with E-state index in [1.165, 1.54) is 18.3 Å². The molecule has 0 atom stereocenters. The molecule has 33 heavy (non-hydrogen) atoms. The van der Waals surface area contributed by atoms with Gasteiger partial charge in [0.05, 0.1) is 11.3 Å². The molecule has 1 heterocycles. The number of benzene rings is 3. The maximum absolute atomic E-state index is 15.6. The summed E-state index contributed by atoms with van der Waals surface area (Å²) < 4.78 is 43.6. The van der Waals surface area contributed by atoms with E-state index in [0.717, 1.165) is 23.3 Å². The van der Waals surface area contributed by atoms with E-state index in [0.29, 0.717) is 18.7 Å². The Bertz CT molecular complexity index is 1210. The zero-order valence-corrected chi connectivity index (χ0v) is 17.7. The lowest BCUT2D eigenvalue weighted by Gasteiger charge is -2.26. The molecule has 0 bridgehead atoms. The van der Waals surface area contributed by atoms with Crippen LogP contribution in [0.3, 0.4) is 0 Å². The second-order valence-electron chi connectivity index (χ2n) is 7.67. The highest BCUT2D eigenvalue weighted by molar-refractivity contribution is 5.99. The van der Waals surface area contributed by atoms with Gasteiger partial charge >= 0.3 is 0 Å². The largest absolute Gasteiger partial charge is 0.360 e. The number of carbonyl (C=O) groups is 1. The molecule has 0 unspecified atom stereocenters. The molecule has 3 nitrogen and oxygen atoms in total. The molecule has 0 N–H and O–H groups in total. The van der Waals surface area contributed by atoms with Gasteiger partial charge in [0.25, 0.3) is 0 Å². The fourth-order valence-corrected chi connectivity index (χ4v) is 3.70. The summed E-state index contributed by atoms with van der Waals surface area (Å²) >= 11 is 0. The molecule has 6 heteroatoms. The third-order valence-corrected chi connectivity index (χ3v) is 5.28. The van der Waals surface area contributed by atoms with Crippen molar-refractivity contribution in [1.82, 2.24) is 4.98 Å². The van der Waals surface area contributed by atoms with Gasteiger partial charge in [0, 0.05) is 25.7 Å². The van der Waals surface area contributed by atoms with Crippen LogP contribution in [0.15, 0.2) is 91.1 Å². The second-order valence-corrected chi connectivity index (χ2v) is 7.67. The van der Waals surface area contributed by atoms with Crippen LogP contribution in [0.1, 0.15) is 27.0 Å². The molecule has 0 amide bonds. The minimum absolute atomic E-state index is 0.119. The van der Waals surface area contributed by atoms with Crippen molar-refractivity contribution in [1.29, 1.82) is 0 Å². The lowest BCUT2D eigenvalue weighted by molar-refractivity contribution is 0.0985. The Balaban J connectivity index is 1.70. The Morgan fingerprint density at radius 2 is 1.36 bits per heavy atom. The zero-order valence-electron chi connectivity index (χ0n) is 17.7. The number of ketones is 1. The van der Waals surface area contributed by atoms with Crippen molar-refractivity contribution < 1.29 is 18.0 Å². The van der Waals surface area contributed by atoms with Gasteiger partial charge in [-0.25, -0.2) is 13.8 Å². The molecule has 0 aliphatic rings. The normalized spacial score (nSPS) is 10.8. The quantitative estimate of drug-likeness (QED) is 0.241. The van der Waals surface area contributed by atoms with Crippen molar-refractivity contribution in [2.75, 3.05) is 4.90 Å². The molecular formula is C27H21F3N2O. The van der Waals surface area contributed by atoms with Gasteiger partial charge < -0.3 is 4.90 Å². The Morgan fingerprint density at radius 1 is 0.758 bits per heavy atom. The predicted octanol–water partition coefficient (Wildman–Crippen LogP) is 6.13. The van der Waals surface area contributed by atoms with E-state index >= 15 is 4.39 Å². The van der Waals surface area contributed by atoms with Gasteiger partial charge in [0.15, 0.2) is 11.6 Å². The van der Waals surface area contributed by atoms with Crippen molar-refractivity contribution in [2.24, 2.45) is 0 Å². The molecule has 4 aromatic rings. The van der Waals surface area contributed by atoms with Crippen LogP contribution in [0.4, 0.5) is 18.9 Å². The molecule has 0 aliphatic carbocycles. The highest BCUT2D eigenvalue weighted by Crippen LogP contribution is 2.29. The summed E-state index contributed by atoms with van der Waals surface area (Å²) in [4.78, 5) is 18.0. The summed E-state index contributed by atoms with van der Waals surface area (Å²) in [7, 11) is 0. The first-order valence-corrected chi connectivity index (χ1v) is 10.5. The number of Topliss-reactive ketones (excluding diaryl/α,β-unsaturated/α-hetero) is 1. The SMILES string of the molecule is O=C(Cc1ccnc(F)c1)c1c(F)ccc(N(Cc2ccccc2)Cc2ccccc2)c1F. The smallest absolute Gasteiger partial charge is 0.213 e. The first-order valence-electron chi connectivity index (χ1n) is 10.5. The van der Waals surface area contributed by atoms with Crippen molar-refractivity contribution in [3.63, 3.8) is 0 Å². The number of rotatable bonds is 8. The average molecular weight is 446 g/mol. The molecule has 4 rings (SSSR count). The summed E-state index contributed by atoms with van der Waals surface area (Å²) in [5.41, 5.74) is 1.67. The first kappa shape index (κ1) is 22.3. The lowest BCUT2D eigenvalue weighted by Crippen LogP contribution is -2.24. The monoisotopic (exact) mass is 446 g/mol. The molecule has 1 aromatic heterocycles. The van der Waals surface area contributed by atoms with Crippen LogP contribution in [0, 0.1) is 17.6 Å². The molecule has 3 aromatic carbocycles. The summed E-state index contributed by atoms with van der Waals surface area (Å²) in [5, 5.41) is 0. The topological polar surface area (TPSA) is 33.2 Å². The molecule has 0 aliphatic heterocycles. The Morgan fingerprint density at radius 3 is 1.94 bits per heavy atom. The second kappa shape index (κ2) is 10.1. The Hall–Kier alpha value is -3.93. The van der Waals surface area contributed by atoms with E-state index in [4.69, 9.17) is 0 Å². The standard InChI is InChI=1S/C27H21F3N2O/c28-22-11-12-23(27(30)26(22)24(33)15-21-13-14-31-25(29)16-21)32(17-19-7-3-1-4-8-19)18-20-9-5-2-6-10-20/h1-14,16H,15,17-18H2. The van der Waals surface area contributed by atoms with Gasteiger partial charge in [-0.05, 0) is 41.0 Å². The molecule has 0 saturated heterocycles. The molecule has 0 radical (unpaired) electrons. The van der Waals surface area contributed by atoms with E-state index in [-0.39, 0.29) is 12.1 Å². The van der Waals surface area contributed by atoms with Crippen LogP contribution >= 0.6 is 0 Å². The molecular weight excluding hydrogens is 425 g/mol. The molecule has 166 valence electrons.